The van der Waals surface area contributed by atoms with Crippen LogP contribution in [-0.2, 0) is 7.05 Å². The Morgan fingerprint density at radius 1 is 1.47 bits per heavy atom. The van der Waals surface area contributed by atoms with Crippen LogP contribution in [0.25, 0.3) is 11.1 Å². The van der Waals surface area contributed by atoms with Gasteiger partial charge in [-0.3, -0.25) is 9.36 Å². The second kappa shape index (κ2) is 5.40. The van der Waals surface area contributed by atoms with Crippen molar-refractivity contribution in [2.24, 2.45) is 13.0 Å². The van der Waals surface area contributed by atoms with Gasteiger partial charge in [0.2, 0.25) is 0 Å². The van der Waals surface area contributed by atoms with Gasteiger partial charge in [-0.05, 0) is 31.7 Å². The Balaban J connectivity index is 2.40. The van der Waals surface area contributed by atoms with Gasteiger partial charge in [-0.1, -0.05) is 6.92 Å². The van der Waals surface area contributed by atoms with Gasteiger partial charge in [-0.25, -0.2) is 4.79 Å². The van der Waals surface area contributed by atoms with Crippen LogP contribution in [0, 0.1) is 5.92 Å². The van der Waals surface area contributed by atoms with E-state index in [1.165, 1.54) is 4.57 Å². The molecule has 1 aromatic carbocycles. The first-order valence-electron chi connectivity index (χ1n) is 6.36. The van der Waals surface area contributed by atoms with Crippen LogP contribution in [0.15, 0.2) is 27.4 Å². The number of fused-ring (bicyclic) bond motifs is 1. The van der Waals surface area contributed by atoms with Crippen LogP contribution in [0.4, 0.5) is 0 Å². The van der Waals surface area contributed by atoms with E-state index in [0.717, 1.165) is 6.42 Å². The van der Waals surface area contributed by atoms with Crippen LogP contribution in [0.3, 0.4) is 0 Å². The Kier molecular flexibility index (Phi) is 3.85. The molecule has 19 heavy (non-hydrogen) atoms. The van der Waals surface area contributed by atoms with Crippen molar-refractivity contribution in [2.75, 3.05) is 13.6 Å². The van der Waals surface area contributed by atoms with Crippen molar-refractivity contribution < 1.29 is 9.21 Å². The van der Waals surface area contributed by atoms with E-state index >= 15 is 0 Å². The molecule has 0 saturated heterocycles. The fourth-order valence-electron chi connectivity index (χ4n) is 2.19. The van der Waals surface area contributed by atoms with Crippen LogP contribution in [0.5, 0.6) is 0 Å². The smallest absolute Gasteiger partial charge is 0.408 e. The Bertz CT molecular complexity index is 654. The fourth-order valence-corrected chi connectivity index (χ4v) is 2.19. The standard InChI is InChI=1S/C14H18N2O3/c1-4-9(8-15-2)13(17)10-5-6-11-12(7-10)19-14(18)16(11)3/h5-7,9,15H,4,8H2,1-3H3. The van der Waals surface area contributed by atoms with E-state index < -0.39 is 5.76 Å². The first-order chi connectivity index (χ1) is 9.08. The lowest BCUT2D eigenvalue weighted by Crippen LogP contribution is -2.25. The van der Waals surface area contributed by atoms with E-state index in [4.69, 9.17) is 4.42 Å². The molecule has 2 aromatic rings. The van der Waals surface area contributed by atoms with E-state index in [2.05, 4.69) is 5.32 Å². The molecular weight excluding hydrogens is 244 g/mol. The van der Waals surface area contributed by atoms with Gasteiger partial charge >= 0.3 is 5.76 Å². The van der Waals surface area contributed by atoms with Gasteiger partial charge in [0.1, 0.15) is 0 Å². The molecule has 1 unspecified atom stereocenters. The lowest BCUT2D eigenvalue weighted by Gasteiger charge is -2.12. The quantitative estimate of drug-likeness (QED) is 0.830. The van der Waals surface area contributed by atoms with E-state index in [-0.39, 0.29) is 11.7 Å². The number of Topliss-reactive ketones (excluding diaryl/α,β-unsaturated/α-hetero) is 1. The second-order valence-electron chi connectivity index (χ2n) is 4.64. The van der Waals surface area contributed by atoms with Crippen molar-refractivity contribution in [2.45, 2.75) is 13.3 Å². The highest BCUT2D eigenvalue weighted by Gasteiger charge is 2.18. The summed E-state index contributed by atoms with van der Waals surface area (Å²) in [6.07, 6.45) is 0.774. The molecule has 1 aromatic heterocycles. The monoisotopic (exact) mass is 262 g/mol. The average molecular weight is 262 g/mol. The number of ketones is 1. The van der Waals surface area contributed by atoms with Crippen LogP contribution in [0.2, 0.25) is 0 Å². The van der Waals surface area contributed by atoms with Crippen molar-refractivity contribution in [3.05, 3.63) is 34.3 Å². The number of rotatable bonds is 5. The maximum absolute atomic E-state index is 12.3. The molecule has 0 aliphatic rings. The number of carbonyl (C=O) groups excluding carboxylic acids is 1. The SMILES string of the molecule is CCC(CNC)C(=O)c1ccc2c(c1)oc(=O)n2C. The lowest BCUT2D eigenvalue weighted by atomic mass is 9.95. The molecule has 0 saturated carbocycles. The van der Waals surface area contributed by atoms with Crippen LogP contribution >= 0.6 is 0 Å². The Morgan fingerprint density at radius 2 is 2.21 bits per heavy atom. The Hall–Kier alpha value is -1.88. The van der Waals surface area contributed by atoms with Crippen molar-refractivity contribution in [3.8, 4) is 0 Å². The zero-order valence-electron chi connectivity index (χ0n) is 11.4. The summed E-state index contributed by atoms with van der Waals surface area (Å²) in [5.74, 6) is -0.398. The third kappa shape index (κ3) is 2.46. The van der Waals surface area contributed by atoms with Gasteiger partial charge in [-0.15, -0.1) is 0 Å². The molecule has 1 atom stereocenters. The first kappa shape index (κ1) is 13.5. The lowest BCUT2D eigenvalue weighted by molar-refractivity contribution is 0.0916. The summed E-state index contributed by atoms with van der Waals surface area (Å²) in [6, 6.07) is 5.15. The number of hydrogen-bond donors (Lipinski definition) is 1. The summed E-state index contributed by atoms with van der Waals surface area (Å²) in [7, 11) is 3.47. The van der Waals surface area contributed by atoms with E-state index in [9.17, 15) is 9.59 Å². The largest absolute Gasteiger partial charge is 0.419 e. The molecule has 2 rings (SSSR count). The second-order valence-corrected chi connectivity index (χ2v) is 4.64. The number of nitrogens with zero attached hydrogens (tertiary/aromatic N) is 1. The summed E-state index contributed by atoms with van der Waals surface area (Å²) in [5.41, 5.74) is 1.74. The summed E-state index contributed by atoms with van der Waals surface area (Å²) < 4.78 is 6.53. The van der Waals surface area contributed by atoms with Gasteiger partial charge < -0.3 is 9.73 Å². The normalized spacial score (nSPS) is 12.8. The van der Waals surface area contributed by atoms with Gasteiger partial charge in [0, 0.05) is 25.1 Å². The highest BCUT2D eigenvalue weighted by molar-refractivity contribution is 6.00. The summed E-state index contributed by atoms with van der Waals surface area (Å²) in [5, 5.41) is 3.02. The molecule has 5 nitrogen and oxygen atoms in total. The maximum atomic E-state index is 12.3. The summed E-state index contributed by atoms with van der Waals surface area (Å²) in [6.45, 7) is 2.63. The number of aryl methyl sites for hydroxylation is 1. The molecule has 0 aliphatic heterocycles. The number of hydrogen-bond acceptors (Lipinski definition) is 4. The van der Waals surface area contributed by atoms with Gasteiger partial charge in [0.15, 0.2) is 11.4 Å². The molecular formula is C14H18N2O3. The maximum Gasteiger partial charge on any atom is 0.419 e. The molecule has 102 valence electrons. The number of aromatic nitrogens is 1. The molecule has 0 fully saturated rings. The van der Waals surface area contributed by atoms with E-state index in [0.29, 0.717) is 23.2 Å². The van der Waals surface area contributed by atoms with E-state index in [1.807, 2.05) is 14.0 Å². The van der Waals surface area contributed by atoms with Gasteiger partial charge in [0.05, 0.1) is 5.52 Å². The predicted molar refractivity (Wildman–Crippen MR) is 73.5 cm³/mol. The number of nitrogens with one attached hydrogen (secondary N) is 1. The van der Waals surface area contributed by atoms with Crippen molar-refractivity contribution in [3.63, 3.8) is 0 Å². The highest BCUT2D eigenvalue weighted by Crippen LogP contribution is 2.18. The average Bonchev–Trinajstić information content (AvgIpc) is 2.70. The topological polar surface area (TPSA) is 64.2 Å². The minimum absolute atomic E-state index is 0.0575. The number of benzene rings is 1. The first-order valence-corrected chi connectivity index (χ1v) is 6.36. The van der Waals surface area contributed by atoms with E-state index in [1.54, 1.807) is 25.2 Å². The molecule has 1 heterocycles. The van der Waals surface area contributed by atoms with Crippen LogP contribution in [0.1, 0.15) is 23.7 Å². The zero-order valence-corrected chi connectivity index (χ0v) is 11.4. The third-order valence-corrected chi connectivity index (χ3v) is 3.39. The predicted octanol–water partition coefficient (Wildman–Crippen LogP) is 1.56. The van der Waals surface area contributed by atoms with Crippen LogP contribution in [-0.4, -0.2) is 23.9 Å². The fraction of sp³-hybridized carbons (Fsp3) is 0.429. The molecule has 0 amide bonds. The summed E-state index contributed by atoms with van der Waals surface area (Å²) in [4.78, 5) is 23.7. The molecule has 0 aliphatic carbocycles. The highest BCUT2D eigenvalue weighted by atomic mass is 16.4. The Morgan fingerprint density at radius 3 is 2.84 bits per heavy atom. The molecule has 5 heteroatoms. The molecule has 0 radical (unpaired) electrons. The summed E-state index contributed by atoms with van der Waals surface area (Å²) >= 11 is 0. The molecule has 1 N–H and O–H groups in total. The Labute approximate surface area is 111 Å². The van der Waals surface area contributed by atoms with Gasteiger partial charge in [-0.2, -0.15) is 0 Å². The van der Waals surface area contributed by atoms with Gasteiger partial charge in [0.25, 0.3) is 0 Å². The van der Waals surface area contributed by atoms with Crippen molar-refractivity contribution in [1.29, 1.82) is 0 Å². The minimum Gasteiger partial charge on any atom is -0.408 e. The zero-order chi connectivity index (χ0) is 14.0. The van der Waals surface area contributed by atoms with Crippen LogP contribution < -0.4 is 11.1 Å². The minimum atomic E-state index is -0.415. The number of carbonyl (C=O) groups is 1. The van der Waals surface area contributed by atoms with Crippen molar-refractivity contribution >= 4 is 16.9 Å². The third-order valence-electron chi connectivity index (χ3n) is 3.39. The molecule has 0 spiro atoms. The number of oxazole rings is 1. The molecule has 0 bridgehead atoms. The van der Waals surface area contributed by atoms with Crippen molar-refractivity contribution in [1.82, 2.24) is 9.88 Å².